The number of halogens is 1. The Bertz CT molecular complexity index is 697. The maximum Gasteiger partial charge on any atom is 0.138 e. The average Bonchev–Trinajstić information content (AvgIpc) is 2.84. The van der Waals surface area contributed by atoms with Gasteiger partial charge >= 0.3 is 0 Å². The Morgan fingerprint density at radius 1 is 1.11 bits per heavy atom. The second-order valence-corrected chi connectivity index (χ2v) is 4.59. The van der Waals surface area contributed by atoms with E-state index in [2.05, 4.69) is 0 Å². The predicted octanol–water partition coefficient (Wildman–Crippen LogP) is 3.96. The van der Waals surface area contributed by atoms with Crippen LogP contribution in [0.3, 0.4) is 0 Å². The normalized spacial score (nSPS) is 12.8. The Balaban J connectivity index is 2.07. The molecule has 0 saturated heterocycles. The Hall–Kier alpha value is -2.13. The Kier molecular flexibility index (Phi) is 2.84. The quantitative estimate of drug-likeness (QED) is 0.752. The topological polar surface area (TPSA) is 33.4 Å². The molecular weight excluding hydrogens is 243 g/mol. The zero-order valence-electron chi connectivity index (χ0n) is 10.4. The lowest BCUT2D eigenvalue weighted by Crippen LogP contribution is -2.01. The van der Waals surface area contributed by atoms with Gasteiger partial charge in [0.2, 0.25) is 0 Å². The van der Waals surface area contributed by atoms with E-state index >= 15 is 0 Å². The molecule has 0 bridgehead atoms. The van der Waals surface area contributed by atoms with Gasteiger partial charge in [-0.3, -0.25) is 0 Å². The van der Waals surface area contributed by atoms with Gasteiger partial charge in [-0.15, -0.1) is 0 Å². The van der Waals surface area contributed by atoms with Crippen LogP contribution >= 0.6 is 0 Å². The van der Waals surface area contributed by atoms with Crippen molar-refractivity contribution in [2.24, 2.45) is 0 Å². The van der Waals surface area contributed by atoms with Crippen LogP contribution in [0.25, 0.3) is 11.0 Å². The lowest BCUT2D eigenvalue weighted by Gasteiger charge is -2.11. The fourth-order valence-corrected chi connectivity index (χ4v) is 2.20. The maximum absolute atomic E-state index is 13.3. The smallest absolute Gasteiger partial charge is 0.138 e. The summed E-state index contributed by atoms with van der Waals surface area (Å²) in [6.45, 7) is 1.83. The summed E-state index contributed by atoms with van der Waals surface area (Å²) in [7, 11) is 0. The first-order valence-corrected chi connectivity index (χ1v) is 6.08. The molecule has 0 aliphatic heterocycles. The standard InChI is InChI=1S/C16H13FO2/c1-10-6-7-12(17)9-13(10)16(18)15-8-11-4-2-3-5-14(11)19-15/h2-9,16,18H,1H3. The second kappa shape index (κ2) is 4.52. The molecule has 0 aliphatic carbocycles. The molecule has 1 unspecified atom stereocenters. The number of aliphatic hydroxyl groups is 1. The van der Waals surface area contributed by atoms with Crippen LogP contribution < -0.4 is 0 Å². The van der Waals surface area contributed by atoms with Crippen LogP contribution in [0.1, 0.15) is 23.0 Å². The van der Waals surface area contributed by atoms with E-state index in [4.69, 9.17) is 4.42 Å². The molecule has 0 aliphatic rings. The third kappa shape index (κ3) is 2.13. The summed E-state index contributed by atoms with van der Waals surface area (Å²) in [5.41, 5.74) is 2.07. The Morgan fingerprint density at radius 2 is 1.89 bits per heavy atom. The van der Waals surface area contributed by atoms with Crippen molar-refractivity contribution in [3.63, 3.8) is 0 Å². The average molecular weight is 256 g/mol. The summed E-state index contributed by atoms with van der Waals surface area (Å²) < 4.78 is 18.9. The van der Waals surface area contributed by atoms with Crippen molar-refractivity contribution in [3.8, 4) is 0 Å². The third-order valence-electron chi connectivity index (χ3n) is 3.25. The van der Waals surface area contributed by atoms with Gasteiger partial charge in [0, 0.05) is 5.39 Å². The van der Waals surface area contributed by atoms with Gasteiger partial charge in [0.15, 0.2) is 0 Å². The highest BCUT2D eigenvalue weighted by Crippen LogP contribution is 2.30. The number of hydrogen-bond acceptors (Lipinski definition) is 2. The molecule has 2 nitrogen and oxygen atoms in total. The van der Waals surface area contributed by atoms with Crippen molar-refractivity contribution < 1.29 is 13.9 Å². The summed E-state index contributed by atoms with van der Waals surface area (Å²) in [4.78, 5) is 0. The molecule has 0 spiro atoms. The molecule has 1 atom stereocenters. The van der Waals surface area contributed by atoms with Crippen molar-refractivity contribution >= 4 is 11.0 Å². The molecule has 1 heterocycles. The molecule has 1 N–H and O–H groups in total. The van der Waals surface area contributed by atoms with Crippen LogP contribution in [0.5, 0.6) is 0 Å². The summed E-state index contributed by atoms with van der Waals surface area (Å²) >= 11 is 0. The lowest BCUT2D eigenvalue weighted by molar-refractivity contribution is 0.191. The second-order valence-electron chi connectivity index (χ2n) is 4.59. The first-order chi connectivity index (χ1) is 9.15. The van der Waals surface area contributed by atoms with E-state index < -0.39 is 6.10 Å². The molecule has 0 amide bonds. The summed E-state index contributed by atoms with van der Waals surface area (Å²) in [5, 5.41) is 11.3. The molecule has 0 radical (unpaired) electrons. The van der Waals surface area contributed by atoms with Crippen LogP contribution in [-0.2, 0) is 0 Å². The van der Waals surface area contributed by atoms with Gasteiger partial charge in [0.25, 0.3) is 0 Å². The van der Waals surface area contributed by atoms with Crippen molar-refractivity contribution in [2.75, 3.05) is 0 Å². The number of furan rings is 1. The molecule has 19 heavy (non-hydrogen) atoms. The van der Waals surface area contributed by atoms with Gasteiger partial charge in [-0.1, -0.05) is 24.3 Å². The van der Waals surface area contributed by atoms with Gasteiger partial charge < -0.3 is 9.52 Å². The molecule has 3 aromatic rings. The number of para-hydroxylation sites is 1. The third-order valence-corrected chi connectivity index (χ3v) is 3.25. The number of fused-ring (bicyclic) bond motifs is 1. The van der Waals surface area contributed by atoms with E-state index in [-0.39, 0.29) is 5.82 Å². The zero-order valence-corrected chi connectivity index (χ0v) is 10.4. The number of aliphatic hydroxyl groups excluding tert-OH is 1. The van der Waals surface area contributed by atoms with Crippen LogP contribution in [0.15, 0.2) is 52.9 Å². The minimum Gasteiger partial charge on any atom is -0.458 e. The molecule has 3 rings (SSSR count). The van der Waals surface area contributed by atoms with Crippen molar-refractivity contribution in [1.29, 1.82) is 0 Å². The Labute approximate surface area is 110 Å². The van der Waals surface area contributed by atoms with Gasteiger partial charge in [-0.2, -0.15) is 0 Å². The molecule has 1 aromatic heterocycles. The zero-order chi connectivity index (χ0) is 13.4. The first kappa shape index (κ1) is 11.9. The lowest BCUT2D eigenvalue weighted by atomic mass is 10.0. The van der Waals surface area contributed by atoms with E-state index in [0.717, 1.165) is 10.9 Å². The summed E-state index contributed by atoms with van der Waals surface area (Å²) in [5.74, 6) is 0.0608. The molecule has 0 fully saturated rings. The molecule has 3 heteroatoms. The summed E-state index contributed by atoms with van der Waals surface area (Å²) in [6, 6.07) is 13.7. The van der Waals surface area contributed by atoms with Gasteiger partial charge in [-0.25, -0.2) is 4.39 Å². The Morgan fingerprint density at radius 3 is 2.68 bits per heavy atom. The fourth-order valence-electron chi connectivity index (χ4n) is 2.20. The molecule has 0 saturated carbocycles. The van der Waals surface area contributed by atoms with Crippen molar-refractivity contribution in [1.82, 2.24) is 0 Å². The van der Waals surface area contributed by atoms with Crippen molar-refractivity contribution in [2.45, 2.75) is 13.0 Å². The van der Waals surface area contributed by atoms with Crippen LogP contribution in [-0.4, -0.2) is 5.11 Å². The maximum atomic E-state index is 13.3. The SMILES string of the molecule is Cc1ccc(F)cc1C(O)c1cc2ccccc2o1. The van der Waals surface area contributed by atoms with Crippen LogP contribution in [0.4, 0.5) is 4.39 Å². The summed E-state index contributed by atoms with van der Waals surface area (Å²) in [6.07, 6.45) is -0.955. The van der Waals surface area contributed by atoms with Crippen LogP contribution in [0.2, 0.25) is 0 Å². The predicted molar refractivity (Wildman–Crippen MR) is 71.4 cm³/mol. The van der Waals surface area contributed by atoms with E-state index in [1.807, 2.05) is 31.2 Å². The molecular formula is C16H13FO2. The number of benzene rings is 2. The van der Waals surface area contributed by atoms with Crippen LogP contribution in [0, 0.1) is 12.7 Å². The fraction of sp³-hybridized carbons (Fsp3) is 0.125. The first-order valence-electron chi connectivity index (χ1n) is 6.08. The van der Waals surface area contributed by atoms with E-state index in [0.29, 0.717) is 16.9 Å². The van der Waals surface area contributed by atoms with Gasteiger partial charge in [0.1, 0.15) is 23.3 Å². The van der Waals surface area contributed by atoms with Gasteiger partial charge in [-0.05, 0) is 42.3 Å². The minimum absolute atomic E-state index is 0.365. The monoisotopic (exact) mass is 256 g/mol. The van der Waals surface area contributed by atoms with E-state index in [9.17, 15) is 9.50 Å². The van der Waals surface area contributed by atoms with Crippen molar-refractivity contribution in [3.05, 3.63) is 71.2 Å². The largest absolute Gasteiger partial charge is 0.458 e. The molecule has 2 aromatic carbocycles. The minimum atomic E-state index is -0.955. The number of rotatable bonds is 2. The van der Waals surface area contributed by atoms with Gasteiger partial charge in [0.05, 0.1) is 0 Å². The van der Waals surface area contributed by atoms with E-state index in [1.54, 1.807) is 12.1 Å². The highest BCUT2D eigenvalue weighted by atomic mass is 19.1. The number of hydrogen-bond donors (Lipinski definition) is 1. The molecule has 96 valence electrons. The number of aryl methyl sites for hydroxylation is 1. The van der Waals surface area contributed by atoms with E-state index in [1.165, 1.54) is 12.1 Å². The highest BCUT2D eigenvalue weighted by molar-refractivity contribution is 5.77. The highest BCUT2D eigenvalue weighted by Gasteiger charge is 2.18.